The summed E-state index contributed by atoms with van der Waals surface area (Å²) < 4.78 is 5.13. The lowest BCUT2D eigenvalue weighted by molar-refractivity contribution is -0.143. The summed E-state index contributed by atoms with van der Waals surface area (Å²) in [5.41, 5.74) is 0. The first-order chi connectivity index (χ1) is 9.72. The van der Waals surface area contributed by atoms with E-state index in [-0.39, 0.29) is 5.92 Å². The van der Waals surface area contributed by atoms with E-state index in [1.807, 2.05) is 0 Å². The van der Waals surface area contributed by atoms with Crippen LogP contribution in [0.5, 0.6) is 0 Å². The smallest absolute Gasteiger partial charge is 0.308 e. The molecule has 116 valence electrons. The second-order valence-corrected chi connectivity index (χ2v) is 6.47. The van der Waals surface area contributed by atoms with Crippen LogP contribution < -0.4 is 0 Å². The van der Waals surface area contributed by atoms with Crippen molar-refractivity contribution in [2.45, 2.75) is 44.9 Å². The van der Waals surface area contributed by atoms with Crippen molar-refractivity contribution in [3.63, 3.8) is 0 Å². The molecule has 1 aliphatic heterocycles. The Balaban J connectivity index is 1.96. The zero-order valence-corrected chi connectivity index (χ0v) is 12.7. The summed E-state index contributed by atoms with van der Waals surface area (Å²) in [7, 11) is 1.71. The van der Waals surface area contributed by atoms with Crippen LogP contribution in [0.4, 0.5) is 0 Å². The van der Waals surface area contributed by atoms with Crippen molar-refractivity contribution in [2.24, 2.45) is 17.8 Å². The van der Waals surface area contributed by atoms with Crippen molar-refractivity contribution in [2.75, 3.05) is 33.4 Å². The molecule has 0 bridgehead atoms. The Kier molecular flexibility index (Phi) is 6.30. The number of carbonyl (C=O) groups is 1. The van der Waals surface area contributed by atoms with Crippen LogP contribution in [0, 0.1) is 17.8 Å². The fourth-order valence-corrected chi connectivity index (χ4v) is 3.97. The quantitative estimate of drug-likeness (QED) is 0.842. The minimum atomic E-state index is -0.600. The monoisotopic (exact) mass is 283 g/mol. The maximum atomic E-state index is 11.6. The zero-order chi connectivity index (χ0) is 14.4. The third-order valence-corrected chi connectivity index (χ3v) is 5.12. The average molecular weight is 283 g/mol. The van der Waals surface area contributed by atoms with Gasteiger partial charge in [-0.3, -0.25) is 9.69 Å². The maximum Gasteiger partial charge on any atom is 0.308 e. The van der Waals surface area contributed by atoms with Gasteiger partial charge in [-0.25, -0.2) is 0 Å². The predicted molar refractivity (Wildman–Crippen MR) is 78.7 cm³/mol. The number of nitrogens with zero attached hydrogens (tertiary/aromatic N) is 1. The minimum Gasteiger partial charge on any atom is -0.481 e. The maximum absolute atomic E-state index is 11.6. The molecule has 1 N–H and O–H groups in total. The van der Waals surface area contributed by atoms with E-state index in [9.17, 15) is 9.90 Å². The molecule has 0 radical (unpaired) electrons. The molecule has 2 rings (SSSR count). The third kappa shape index (κ3) is 4.19. The largest absolute Gasteiger partial charge is 0.481 e. The van der Waals surface area contributed by atoms with Gasteiger partial charge in [0, 0.05) is 26.7 Å². The van der Waals surface area contributed by atoms with Gasteiger partial charge in [-0.1, -0.05) is 44.9 Å². The van der Waals surface area contributed by atoms with Crippen LogP contribution in [0.25, 0.3) is 0 Å². The van der Waals surface area contributed by atoms with Gasteiger partial charge in [-0.2, -0.15) is 0 Å². The second kappa shape index (κ2) is 7.99. The number of carboxylic acids is 1. The summed E-state index contributed by atoms with van der Waals surface area (Å²) in [6, 6.07) is 0. The van der Waals surface area contributed by atoms with Crippen LogP contribution in [-0.2, 0) is 9.53 Å². The first kappa shape index (κ1) is 15.8. The number of ether oxygens (including phenoxy) is 1. The van der Waals surface area contributed by atoms with Crippen molar-refractivity contribution >= 4 is 5.97 Å². The molecular weight excluding hydrogens is 254 g/mol. The Morgan fingerprint density at radius 2 is 1.80 bits per heavy atom. The average Bonchev–Trinajstić information content (AvgIpc) is 2.80. The van der Waals surface area contributed by atoms with E-state index in [0.717, 1.165) is 13.1 Å². The van der Waals surface area contributed by atoms with Gasteiger partial charge in [0.15, 0.2) is 0 Å². The van der Waals surface area contributed by atoms with Crippen LogP contribution in [0.3, 0.4) is 0 Å². The fourth-order valence-electron chi connectivity index (χ4n) is 3.97. The highest BCUT2D eigenvalue weighted by molar-refractivity contribution is 5.71. The van der Waals surface area contributed by atoms with Crippen LogP contribution in [-0.4, -0.2) is 49.3 Å². The molecule has 1 aliphatic carbocycles. The summed E-state index contributed by atoms with van der Waals surface area (Å²) in [4.78, 5) is 13.9. The Labute approximate surface area is 122 Å². The number of methoxy groups -OCH3 is 1. The van der Waals surface area contributed by atoms with Gasteiger partial charge in [0.05, 0.1) is 12.5 Å². The molecule has 1 unspecified atom stereocenters. The van der Waals surface area contributed by atoms with Crippen molar-refractivity contribution in [1.29, 1.82) is 0 Å². The number of hydrogen-bond acceptors (Lipinski definition) is 3. The summed E-state index contributed by atoms with van der Waals surface area (Å²) in [6.45, 7) is 3.22. The van der Waals surface area contributed by atoms with Crippen LogP contribution in [0.15, 0.2) is 0 Å². The second-order valence-electron chi connectivity index (χ2n) is 6.47. The van der Waals surface area contributed by atoms with Gasteiger partial charge >= 0.3 is 5.97 Å². The summed E-state index contributed by atoms with van der Waals surface area (Å²) in [6.07, 6.45) is 9.04. The molecule has 4 nitrogen and oxygen atoms in total. The van der Waals surface area contributed by atoms with Crippen LogP contribution in [0.1, 0.15) is 44.9 Å². The zero-order valence-electron chi connectivity index (χ0n) is 12.7. The van der Waals surface area contributed by atoms with Crippen molar-refractivity contribution < 1.29 is 14.6 Å². The minimum absolute atomic E-state index is 0.170. The number of aliphatic carboxylic acids is 1. The molecule has 2 fully saturated rings. The molecular formula is C16H29NO3. The molecule has 0 spiro atoms. The van der Waals surface area contributed by atoms with E-state index in [0.29, 0.717) is 25.0 Å². The number of carboxylic acid groups (broad SMARTS) is 1. The molecule has 1 saturated heterocycles. The van der Waals surface area contributed by atoms with Gasteiger partial charge in [0.1, 0.15) is 0 Å². The number of rotatable bonds is 5. The normalized spacial score (nSPS) is 30.1. The van der Waals surface area contributed by atoms with Crippen LogP contribution in [0.2, 0.25) is 0 Å². The highest BCUT2D eigenvalue weighted by atomic mass is 16.5. The van der Waals surface area contributed by atoms with E-state index < -0.39 is 5.97 Å². The summed E-state index contributed by atoms with van der Waals surface area (Å²) in [5, 5.41) is 9.53. The lowest BCUT2D eigenvalue weighted by Gasteiger charge is -2.28. The molecule has 1 saturated carbocycles. The van der Waals surface area contributed by atoms with E-state index in [1.54, 1.807) is 7.11 Å². The molecule has 0 aromatic heterocycles. The predicted octanol–water partition coefficient (Wildman–Crippen LogP) is 2.63. The molecule has 2 atom stereocenters. The van der Waals surface area contributed by atoms with Crippen molar-refractivity contribution in [1.82, 2.24) is 4.90 Å². The van der Waals surface area contributed by atoms with Gasteiger partial charge < -0.3 is 9.84 Å². The standard InChI is InChI=1S/C16H29NO3/c1-20-10-9-17-11-14(15(12-17)16(18)19)13-7-5-3-2-4-6-8-13/h13-15H,2-12H2,1H3,(H,18,19)/t14?,15-/m0/s1. The number of likely N-dealkylation sites (tertiary alicyclic amines) is 1. The topological polar surface area (TPSA) is 49.8 Å². The molecule has 20 heavy (non-hydrogen) atoms. The lowest BCUT2D eigenvalue weighted by atomic mass is 9.77. The Morgan fingerprint density at radius 1 is 1.15 bits per heavy atom. The summed E-state index contributed by atoms with van der Waals surface area (Å²) >= 11 is 0. The molecule has 0 aromatic carbocycles. The number of hydrogen-bond donors (Lipinski definition) is 1. The Morgan fingerprint density at radius 3 is 2.40 bits per heavy atom. The summed E-state index contributed by atoms with van der Waals surface area (Å²) in [5.74, 6) is 0.194. The molecule has 4 heteroatoms. The van der Waals surface area contributed by atoms with E-state index in [1.165, 1.54) is 44.9 Å². The Hall–Kier alpha value is -0.610. The highest BCUT2D eigenvalue weighted by Gasteiger charge is 2.41. The van der Waals surface area contributed by atoms with Crippen LogP contribution >= 0.6 is 0 Å². The van der Waals surface area contributed by atoms with Gasteiger partial charge in [0.25, 0.3) is 0 Å². The molecule has 0 aromatic rings. The van der Waals surface area contributed by atoms with E-state index in [2.05, 4.69) is 4.90 Å². The first-order valence-corrected chi connectivity index (χ1v) is 8.16. The molecule has 1 heterocycles. The fraction of sp³-hybridized carbons (Fsp3) is 0.938. The van der Waals surface area contributed by atoms with Gasteiger partial charge in [0.2, 0.25) is 0 Å². The Bertz CT molecular complexity index is 300. The van der Waals surface area contributed by atoms with E-state index >= 15 is 0 Å². The van der Waals surface area contributed by atoms with E-state index in [4.69, 9.17) is 4.74 Å². The SMILES string of the molecule is COCCN1CC(C2CCCCCCC2)[C@@H](C(=O)O)C1. The molecule has 2 aliphatic rings. The highest BCUT2D eigenvalue weighted by Crippen LogP contribution is 2.37. The van der Waals surface area contributed by atoms with Gasteiger partial charge in [-0.15, -0.1) is 0 Å². The third-order valence-electron chi connectivity index (χ3n) is 5.12. The lowest BCUT2D eigenvalue weighted by Crippen LogP contribution is -2.28. The van der Waals surface area contributed by atoms with Gasteiger partial charge in [-0.05, 0) is 11.8 Å². The molecule has 0 amide bonds. The van der Waals surface area contributed by atoms with Crippen molar-refractivity contribution in [3.8, 4) is 0 Å². The first-order valence-electron chi connectivity index (χ1n) is 8.16. The van der Waals surface area contributed by atoms with Crippen molar-refractivity contribution in [3.05, 3.63) is 0 Å².